The Labute approximate surface area is 119 Å². The van der Waals surface area contributed by atoms with Crippen molar-refractivity contribution in [1.29, 1.82) is 0 Å². The molecule has 0 saturated carbocycles. The monoisotopic (exact) mass is 269 g/mol. The number of carbonyl (C=O) groups excluding carboxylic acids is 1. The minimum atomic E-state index is 0.0559. The van der Waals surface area contributed by atoms with Crippen molar-refractivity contribution in [3.8, 4) is 5.75 Å². The van der Waals surface area contributed by atoms with Crippen LogP contribution in [0, 0.1) is 0 Å². The number of benzene rings is 2. The zero-order chi connectivity index (χ0) is 14.4. The minimum absolute atomic E-state index is 0.0559. The minimum Gasteiger partial charge on any atom is -0.493 e. The summed E-state index contributed by atoms with van der Waals surface area (Å²) in [6.07, 6.45) is 0. The summed E-state index contributed by atoms with van der Waals surface area (Å²) in [6, 6.07) is 17.2. The highest BCUT2D eigenvalue weighted by Gasteiger charge is 2.14. The topological polar surface area (TPSA) is 29.5 Å². The molecule has 0 aliphatic heterocycles. The first-order valence-electron chi connectivity index (χ1n) is 6.73. The van der Waals surface area contributed by atoms with Crippen LogP contribution < -0.4 is 9.64 Å². The van der Waals surface area contributed by atoms with Gasteiger partial charge in [-0.25, -0.2) is 0 Å². The molecule has 0 spiro atoms. The number of carbonyl (C=O) groups is 1. The van der Waals surface area contributed by atoms with E-state index < -0.39 is 0 Å². The lowest BCUT2D eigenvalue weighted by Crippen LogP contribution is -2.25. The third-order valence-electron chi connectivity index (χ3n) is 3.07. The maximum absolute atomic E-state index is 12.4. The van der Waals surface area contributed by atoms with E-state index in [4.69, 9.17) is 4.74 Å². The van der Waals surface area contributed by atoms with Crippen molar-refractivity contribution in [1.82, 2.24) is 0 Å². The zero-order valence-corrected chi connectivity index (χ0v) is 11.9. The Kier molecular flexibility index (Phi) is 4.77. The fourth-order valence-electron chi connectivity index (χ4n) is 2.05. The van der Waals surface area contributed by atoms with Crippen molar-refractivity contribution in [2.75, 3.05) is 25.1 Å². The van der Waals surface area contributed by atoms with Crippen LogP contribution in [0.1, 0.15) is 17.3 Å². The third-order valence-corrected chi connectivity index (χ3v) is 3.07. The van der Waals surface area contributed by atoms with Gasteiger partial charge in [0.2, 0.25) is 0 Å². The van der Waals surface area contributed by atoms with E-state index in [0.717, 1.165) is 5.69 Å². The van der Waals surface area contributed by atoms with Gasteiger partial charge < -0.3 is 9.64 Å². The molecule has 0 bridgehead atoms. The highest BCUT2D eigenvalue weighted by Crippen LogP contribution is 2.20. The van der Waals surface area contributed by atoms with Crippen LogP contribution in [0.2, 0.25) is 0 Å². The van der Waals surface area contributed by atoms with E-state index in [1.807, 2.05) is 73.5 Å². The first-order chi connectivity index (χ1) is 9.72. The first-order valence-corrected chi connectivity index (χ1v) is 6.73. The fourth-order valence-corrected chi connectivity index (χ4v) is 2.05. The van der Waals surface area contributed by atoms with Crippen LogP contribution in [-0.2, 0) is 0 Å². The summed E-state index contributed by atoms with van der Waals surface area (Å²) in [5, 5.41) is 0. The lowest BCUT2D eigenvalue weighted by atomic mass is 10.1. The number of Topliss-reactive ketones (excluding diaryl/α,β-unsaturated/α-hetero) is 1. The molecular weight excluding hydrogens is 250 g/mol. The van der Waals surface area contributed by atoms with E-state index in [1.165, 1.54) is 0 Å². The van der Waals surface area contributed by atoms with Crippen LogP contribution in [0.5, 0.6) is 5.75 Å². The van der Waals surface area contributed by atoms with E-state index in [1.54, 1.807) is 0 Å². The Morgan fingerprint density at radius 2 is 1.70 bits per heavy atom. The van der Waals surface area contributed by atoms with Crippen LogP contribution in [0.4, 0.5) is 5.69 Å². The molecule has 3 nitrogen and oxygen atoms in total. The molecule has 0 unspecified atom stereocenters. The highest BCUT2D eigenvalue weighted by molar-refractivity contribution is 6.01. The summed E-state index contributed by atoms with van der Waals surface area (Å²) in [7, 11) is 1.91. The van der Waals surface area contributed by atoms with Gasteiger partial charge in [-0.2, -0.15) is 0 Å². The number of hydrogen-bond donors (Lipinski definition) is 0. The Hall–Kier alpha value is -2.29. The molecule has 104 valence electrons. The smallest absolute Gasteiger partial charge is 0.185 e. The second-order valence-electron chi connectivity index (χ2n) is 4.54. The van der Waals surface area contributed by atoms with Crippen LogP contribution in [0.15, 0.2) is 54.6 Å². The van der Waals surface area contributed by atoms with E-state index >= 15 is 0 Å². The van der Waals surface area contributed by atoms with Crippen LogP contribution >= 0.6 is 0 Å². The first kappa shape index (κ1) is 14.1. The summed E-state index contributed by atoms with van der Waals surface area (Å²) in [4.78, 5) is 14.3. The molecule has 0 atom stereocenters. The lowest BCUT2D eigenvalue weighted by molar-refractivity contribution is 0.0996. The fraction of sp³-hybridized carbons (Fsp3) is 0.235. The standard InChI is InChI=1S/C17H19NO2/c1-3-20-17-12-8-7-11-15(17)16(19)13-18(2)14-9-5-4-6-10-14/h4-12H,3,13H2,1-2H3. The van der Waals surface area contributed by atoms with Gasteiger partial charge in [0.15, 0.2) is 5.78 Å². The number of rotatable bonds is 6. The number of likely N-dealkylation sites (N-methyl/N-ethyl adjacent to an activating group) is 1. The Bertz CT molecular complexity index is 566. The molecule has 0 N–H and O–H groups in total. The van der Waals surface area contributed by atoms with Gasteiger partial charge in [0.1, 0.15) is 5.75 Å². The van der Waals surface area contributed by atoms with Gasteiger partial charge in [0.05, 0.1) is 18.7 Å². The average Bonchev–Trinajstić information content (AvgIpc) is 2.49. The van der Waals surface area contributed by atoms with Crippen molar-refractivity contribution in [3.05, 3.63) is 60.2 Å². The van der Waals surface area contributed by atoms with E-state index in [2.05, 4.69) is 0 Å². The molecular formula is C17H19NO2. The molecule has 3 heteroatoms. The number of nitrogens with zero attached hydrogens (tertiary/aromatic N) is 1. The van der Waals surface area contributed by atoms with Gasteiger partial charge in [-0.15, -0.1) is 0 Å². The van der Waals surface area contributed by atoms with Crippen LogP contribution in [-0.4, -0.2) is 26.0 Å². The zero-order valence-electron chi connectivity index (χ0n) is 11.9. The second kappa shape index (κ2) is 6.75. The number of ether oxygens (including phenoxy) is 1. The van der Waals surface area contributed by atoms with Crippen LogP contribution in [0.25, 0.3) is 0 Å². The van der Waals surface area contributed by atoms with Crippen molar-refractivity contribution < 1.29 is 9.53 Å². The maximum atomic E-state index is 12.4. The van der Waals surface area contributed by atoms with Gasteiger partial charge in [0, 0.05) is 12.7 Å². The molecule has 0 amide bonds. The predicted molar refractivity (Wildman–Crippen MR) is 81.7 cm³/mol. The van der Waals surface area contributed by atoms with Gasteiger partial charge in [-0.05, 0) is 31.2 Å². The summed E-state index contributed by atoms with van der Waals surface area (Å²) in [5.74, 6) is 0.710. The summed E-state index contributed by atoms with van der Waals surface area (Å²) < 4.78 is 5.51. The molecule has 0 heterocycles. The van der Waals surface area contributed by atoms with Crippen molar-refractivity contribution in [3.63, 3.8) is 0 Å². The molecule has 2 rings (SSSR count). The van der Waals surface area contributed by atoms with E-state index in [-0.39, 0.29) is 5.78 Å². The molecule has 2 aromatic carbocycles. The van der Waals surface area contributed by atoms with Crippen molar-refractivity contribution in [2.24, 2.45) is 0 Å². The Balaban J connectivity index is 2.12. The van der Waals surface area contributed by atoms with Gasteiger partial charge in [-0.1, -0.05) is 30.3 Å². The van der Waals surface area contributed by atoms with E-state index in [0.29, 0.717) is 24.5 Å². The number of hydrogen-bond acceptors (Lipinski definition) is 3. The Morgan fingerprint density at radius 3 is 2.40 bits per heavy atom. The number of para-hydroxylation sites is 2. The average molecular weight is 269 g/mol. The van der Waals surface area contributed by atoms with Gasteiger partial charge >= 0.3 is 0 Å². The normalized spacial score (nSPS) is 10.1. The third kappa shape index (κ3) is 3.38. The number of anilines is 1. The van der Waals surface area contributed by atoms with E-state index in [9.17, 15) is 4.79 Å². The summed E-state index contributed by atoms with van der Waals surface area (Å²) >= 11 is 0. The summed E-state index contributed by atoms with van der Waals surface area (Å²) in [5.41, 5.74) is 1.66. The molecule has 20 heavy (non-hydrogen) atoms. The molecule has 0 fully saturated rings. The van der Waals surface area contributed by atoms with Crippen molar-refractivity contribution in [2.45, 2.75) is 6.92 Å². The van der Waals surface area contributed by atoms with Crippen molar-refractivity contribution >= 4 is 11.5 Å². The maximum Gasteiger partial charge on any atom is 0.185 e. The number of ketones is 1. The molecule has 0 aliphatic carbocycles. The van der Waals surface area contributed by atoms with Gasteiger partial charge in [0.25, 0.3) is 0 Å². The molecule has 2 aromatic rings. The molecule has 0 saturated heterocycles. The second-order valence-corrected chi connectivity index (χ2v) is 4.54. The quantitative estimate of drug-likeness (QED) is 0.753. The van der Waals surface area contributed by atoms with Crippen LogP contribution in [0.3, 0.4) is 0 Å². The largest absolute Gasteiger partial charge is 0.493 e. The lowest BCUT2D eigenvalue weighted by Gasteiger charge is -2.19. The Morgan fingerprint density at radius 1 is 1.05 bits per heavy atom. The molecule has 0 aliphatic rings. The summed E-state index contributed by atoms with van der Waals surface area (Å²) in [6.45, 7) is 2.80. The molecule has 0 radical (unpaired) electrons. The highest BCUT2D eigenvalue weighted by atomic mass is 16.5. The molecule has 0 aromatic heterocycles. The SMILES string of the molecule is CCOc1ccccc1C(=O)CN(C)c1ccccc1. The van der Waals surface area contributed by atoms with Gasteiger partial charge in [-0.3, -0.25) is 4.79 Å². The predicted octanol–water partition coefficient (Wildman–Crippen LogP) is 3.40.